The van der Waals surface area contributed by atoms with Gasteiger partial charge in [-0.1, -0.05) is 12.1 Å². The van der Waals surface area contributed by atoms with Gasteiger partial charge in [-0.2, -0.15) is 0 Å². The zero-order chi connectivity index (χ0) is 11.9. The summed E-state index contributed by atoms with van der Waals surface area (Å²) >= 11 is 0. The molecule has 1 aliphatic heterocycles. The Hall–Kier alpha value is -1.33. The number of fused-ring (bicyclic) bond motifs is 1. The molecular formula is C11H14N2O2S. The van der Waals surface area contributed by atoms with Gasteiger partial charge in [0, 0.05) is 17.5 Å². The second-order valence-corrected chi connectivity index (χ2v) is 5.88. The Morgan fingerprint density at radius 2 is 2.00 bits per heavy atom. The third-order valence-electron chi connectivity index (χ3n) is 2.46. The second kappa shape index (κ2) is 3.61. The number of likely N-dealkylation sites (N-methyl/N-ethyl adjacent to an activating group) is 1. The Labute approximate surface area is 95.3 Å². The van der Waals surface area contributed by atoms with E-state index in [-0.39, 0.29) is 4.90 Å². The zero-order valence-corrected chi connectivity index (χ0v) is 10.1. The normalized spacial score (nSPS) is 17.3. The van der Waals surface area contributed by atoms with Gasteiger partial charge in [-0.15, -0.1) is 0 Å². The van der Waals surface area contributed by atoms with E-state index in [1.54, 1.807) is 18.2 Å². The van der Waals surface area contributed by atoms with Crippen molar-refractivity contribution in [1.82, 2.24) is 4.90 Å². The largest absolute Gasteiger partial charge is 0.398 e. The molecule has 0 aromatic heterocycles. The molecule has 0 saturated heterocycles. The molecule has 0 radical (unpaired) electrons. The van der Waals surface area contributed by atoms with Gasteiger partial charge in [0.1, 0.15) is 4.90 Å². The molecule has 2 rings (SSSR count). The zero-order valence-electron chi connectivity index (χ0n) is 9.27. The Bertz CT molecular complexity index is 559. The van der Waals surface area contributed by atoms with Crippen molar-refractivity contribution < 1.29 is 8.42 Å². The average molecular weight is 238 g/mol. The first-order valence-corrected chi connectivity index (χ1v) is 6.46. The number of nitrogens with two attached hydrogens (primary N) is 1. The quantitative estimate of drug-likeness (QED) is 0.779. The van der Waals surface area contributed by atoms with Crippen molar-refractivity contribution >= 4 is 21.1 Å². The van der Waals surface area contributed by atoms with Crippen molar-refractivity contribution in [2.24, 2.45) is 0 Å². The van der Waals surface area contributed by atoms with Crippen LogP contribution in [-0.4, -0.2) is 34.0 Å². The van der Waals surface area contributed by atoms with Crippen molar-refractivity contribution in [1.29, 1.82) is 0 Å². The molecule has 1 aromatic carbocycles. The maximum absolute atomic E-state index is 11.9. The van der Waals surface area contributed by atoms with Gasteiger partial charge in [0.15, 0.2) is 0 Å². The minimum absolute atomic E-state index is 0.256. The molecule has 5 heteroatoms. The molecule has 16 heavy (non-hydrogen) atoms. The Morgan fingerprint density at radius 3 is 2.62 bits per heavy atom. The van der Waals surface area contributed by atoms with E-state index in [0.29, 0.717) is 12.2 Å². The molecule has 0 spiro atoms. The highest BCUT2D eigenvalue weighted by molar-refractivity contribution is 7.95. The summed E-state index contributed by atoms with van der Waals surface area (Å²) in [5, 5.41) is 1.31. The van der Waals surface area contributed by atoms with Crippen LogP contribution in [0, 0.1) is 0 Å². The van der Waals surface area contributed by atoms with Gasteiger partial charge in [0.25, 0.3) is 0 Å². The monoisotopic (exact) mass is 238 g/mol. The molecule has 1 aliphatic rings. The first kappa shape index (κ1) is 11.2. The number of hydrogen-bond acceptors (Lipinski definition) is 4. The topological polar surface area (TPSA) is 63.4 Å². The fraction of sp³-hybridized carbons (Fsp3) is 0.273. The molecule has 0 fully saturated rings. The summed E-state index contributed by atoms with van der Waals surface area (Å²) in [5.41, 5.74) is 7.56. The van der Waals surface area contributed by atoms with Crippen LogP contribution in [0.1, 0.15) is 5.56 Å². The van der Waals surface area contributed by atoms with Gasteiger partial charge in [-0.05, 0) is 25.7 Å². The minimum atomic E-state index is -3.34. The molecular weight excluding hydrogens is 224 g/mol. The minimum Gasteiger partial charge on any atom is -0.398 e. The lowest BCUT2D eigenvalue weighted by Gasteiger charge is -2.11. The predicted molar refractivity (Wildman–Crippen MR) is 64.6 cm³/mol. The van der Waals surface area contributed by atoms with Crippen LogP contribution in [-0.2, 0) is 9.84 Å². The van der Waals surface area contributed by atoms with Crippen LogP contribution < -0.4 is 5.73 Å². The van der Waals surface area contributed by atoms with Crippen molar-refractivity contribution in [2.75, 3.05) is 26.4 Å². The van der Waals surface area contributed by atoms with Gasteiger partial charge in [0.05, 0.1) is 5.69 Å². The summed E-state index contributed by atoms with van der Waals surface area (Å²) in [6, 6.07) is 5.19. The number of anilines is 1. The van der Waals surface area contributed by atoms with Gasteiger partial charge in [-0.3, -0.25) is 0 Å². The van der Waals surface area contributed by atoms with Crippen molar-refractivity contribution in [2.45, 2.75) is 4.90 Å². The Kier molecular flexibility index (Phi) is 2.52. The van der Waals surface area contributed by atoms with Crippen LogP contribution in [0.15, 0.2) is 28.5 Å². The lowest BCUT2D eigenvalue weighted by Crippen LogP contribution is -2.13. The van der Waals surface area contributed by atoms with E-state index in [2.05, 4.69) is 0 Å². The first-order chi connectivity index (χ1) is 7.42. The van der Waals surface area contributed by atoms with Crippen LogP contribution in [0.25, 0.3) is 5.57 Å². The highest BCUT2D eigenvalue weighted by Gasteiger charge is 2.28. The number of hydrogen-bond donors (Lipinski definition) is 1. The summed E-state index contributed by atoms with van der Waals surface area (Å²) < 4.78 is 23.8. The van der Waals surface area contributed by atoms with Crippen molar-refractivity contribution in [3.63, 3.8) is 0 Å². The molecule has 0 unspecified atom stereocenters. The van der Waals surface area contributed by atoms with Crippen molar-refractivity contribution in [3.8, 4) is 0 Å². The van der Waals surface area contributed by atoms with Gasteiger partial charge in [-0.25, -0.2) is 8.42 Å². The number of rotatable bonds is 2. The van der Waals surface area contributed by atoms with Crippen LogP contribution in [0.4, 0.5) is 5.69 Å². The maximum Gasteiger partial charge on any atom is 0.202 e. The third-order valence-corrected chi connectivity index (χ3v) is 4.08. The van der Waals surface area contributed by atoms with Crippen LogP contribution >= 0.6 is 0 Å². The average Bonchev–Trinajstić information content (AvgIpc) is 2.38. The van der Waals surface area contributed by atoms with E-state index >= 15 is 0 Å². The molecule has 0 amide bonds. The standard InChI is InChI=1S/C11H14N2O2S/c1-13(2)6-8-7-16(14,15)11-9(8)4-3-5-10(11)12/h3-5,7H,6,12H2,1-2H3. The summed E-state index contributed by atoms with van der Waals surface area (Å²) in [5.74, 6) is 0. The number of nitrogens with zero attached hydrogens (tertiary/aromatic N) is 1. The van der Waals surface area contributed by atoms with Gasteiger partial charge < -0.3 is 10.6 Å². The summed E-state index contributed by atoms with van der Waals surface area (Å²) in [4.78, 5) is 2.19. The van der Waals surface area contributed by atoms with E-state index < -0.39 is 9.84 Å². The molecule has 0 saturated carbocycles. The van der Waals surface area contributed by atoms with Crippen LogP contribution in [0.2, 0.25) is 0 Å². The first-order valence-electron chi connectivity index (χ1n) is 4.91. The van der Waals surface area contributed by atoms with E-state index in [1.807, 2.05) is 19.0 Å². The lowest BCUT2D eigenvalue weighted by atomic mass is 10.1. The van der Waals surface area contributed by atoms with E-state index in [9.17, 15) is 8.42 Å². The summed E-state index contributed by atoms with van der Waals surface area (Å²) in [6.45, 7) is 0.593. The molecule has 1 heterocycles. The summed E-state index contributed by atoms with van der Waals surface area (Å²) in [6.07, 6.45) is 0. The van der Waals surface area contributed by atoms with Gasteiger partial charge in [0.2, 0.25) is 9.84 Å². The second-order valence-electron chi connectivity index (χ2n) is 4.15. The predicted octanol–water partition coefficient (Wildman–Crippen LogP) is 0.959. The number of nitrogen functional groups attached to an aromatic ring is 1. The van der Waals surface area contributed by atoms with Gasteiger partial charge >= 0.3 is 0 Å². The molecule has 86 valence electrons. The SMILES string of the molecule is CN(C)CC1=CS(=O)(=O)c2c(N)cccc21. The smallest absolute Gasteiger partial charge is 0.202 e. The molecule has 0 atom stereocenters. The number of sulfone groups is 1. The highest BCUT2D eigenvalue weighted by Crippen LogP contribution is 2.36. The highest BCUT2D eigenvalue weighted by atomic mass is 32.2. The molecule has 2 N–H and O–H groups in total. The van der Waals surface area contributed by atoms with Crippen molar-refractivity contribution in [3.05, 3.63) is 29.2 Å². The van der Waals surface area contributed by atoms with E-state index in [0.717, 1.165) is 11.1 Å². The number of benzene rings is 1. The molecule has 0 bridgehead atoms. The molecule has 4 nitrogen and oxygen atoms in total. The Morgan fingerprint density at radius 1 is 1.31 bits per heavy atom. The molecule has 1 aromatic rings. The third kappa shape index (κ3) is 1.72. The van der Waals surface area contributed by atoms with Crippen LogP contribution in [0.3, 0.4) is 0 Å². The van der Waals surface area contributed by atoms with E-state index in [1.165, 1.54) is 5.41 Å². The van der Waals surface area contributed by atoms with Crippen LogP contribution in [0.5, 0.6) is 0 Å². The van der Waals surface area contributed by atoms with E-state index in [4.69, 9.17) is 5.73 Å². The maximum atomic E-state index is 11.9. The lowest BCUT2D eigenvalue weighted by molar-refractivity contribution is 0.463. The molecule has 0 aliphatic carbocycles. The summed E-state index contributed by atoms with van der Waals surface area (Å²) in [7, 11) is 0.456. The fourth-order valence-corrected chi connectivity index (χ4v) is 3.49. The fourth-order valence-electron chi connectivity index (χ4n) is 1.90. The Balaban J connectivity index is 2.61.